The largest absolute Gasteiger partial charge is 0.368 e. The molecule has 0 bridgehead atoms. The predicted molar refractivity (Wildman–Crippen MR) is 64.1 cm³/mol. The van der Waals surface area contributed by atoms with Gasteiger partial charge in [-0.05, 0) is 24.6 Å². The average molecular weight is 187 g/mol. The van der Waals surface area contributed by atoms with Crippen molar-refractivity contribution in [1.82, 2.24) is 4.98 Å². The van der Waals surface area contributed by atoms with Gasteiger partial charge in [0.25, 0.3) is 0 Å². The molecule has 0 saturated heterocycles. The molecule has 1 heterocycles. The van der Waals surface area contributed by atoms with Crippen molar-refractivity contribution in [3.63, 3.8) is 0 Å². The first-order chi connectivity index (χ1) is 6.85. The van der Waals surface area contributed by atoms with Crippen LogP contribution in [-0.4, -0.2) is 4.98 Å². The van der Waals surface area contributed by atoms with Crippen molar-refractivity contribution in [2.24, 2.45) is 0 Å². The molecular weight excluding hydrogens is 170 g/mol. The fraction of sp³-hybridized carbons (Fsp3) is 0.0769. The molecule has 0 fully saturated rings. The van der Waals surface area contributed by atoms with Crippen molar-refractivity contribution >= 4 is 0 Å². The summed E-state index contributed by atoms with van der Waals surface area (Å²) in [4.78, 5) is 2.86. The first kappa shape index (κ1) is 12.2. The maximum atomic E-state index is 3.63. The van der Waals surface area contributed by atoms with E-state index >= 15 is 0 Å². The summed E-state index contributed by atoms with van der Waals surface area (Å²) in [7, 11) is 0. The third-order valence-corrected chi connectivity index (χ3v) is 1.49. The van der Waals surface area contributed by atoms with Crippen LogP contribution in [0.2, 0.25) is 0 Å². The zero-order valence-electron chi connectivity index (χ0n) is 8.61. The molecule has 1 aromatic heterocycles. The summed E-state index contributed by atoms with van der Waals surface area (Å²) in [5, 5.41) is 0. The maximum absolute atomic E-state index is 3.63. The van der Waals surface area contributed by atoms with Gasteiger partial charge in [0.15, 0.2) is 0 Å². The molecule has 14 heavy (non-hydrogen) atoms. The summed E-state index contributed by atoms with van der Waals surface area (Å²) in [5.74, 6) is 0. The number of allylic oxidation sites excluding steroid dienone is 6. The summed E-state index contributed by atoms with van der Waals surface area (Å²) in [6.45, 7) is 9.16. The molecule has 0 aliphatic heterocycles. The second kappa shape index (κ2) is 9.33. The first-order valence-electron chi connectivity index (χ1n) is 4.50. The van der Waals surface area contributed by atoms with Gasteiger partial charge < -0.3 is 4.98 Å². The molecule has 0 saturated carbocycles. The Labute approximate surface area is 86.2 Å². The molecule has 1 nitrogen and oxygen atoms in total. The summed E-state index contributed by atoms with van der Waals surface area (Å²) in [5.41, 5.74) is 1.12. The molecule has 1 N–H and O–H groups in total. The molecule has 74 valence electrons. The Morgan fingerprint density at radius 3 is 2.14 bits per heavy atom. The summed E-state index contributed by atoms with van der Waals surface area (Å²) >= 11 is 0. The van der Waals surface area contributed by atoms with Crippen LogP contribution in [0.4, 0.5) is 0 Å². The second-order valence-corrected chi connectivity index (χ2v) is 2.47. The lowest BCUT2D eigenvalue weighted by Gasteiger charge is -1.85. The minimum absolute atomic E-state index is 1.12. The van der Waals surface area contributed by atoms with Crippen molar-refractivity contribution < 1.29 is 0 Å². The Hall–Kier alpha value is -1.76. The molecular formula is C13H17N. The van der Waals surface area contributed by atoms with Gasteiger partial charge in [-0.15, -0.1) is 0 Å². The van der Waals surface area contributed by atoms with Gasteiger partial charge in [-0.25, -0.2) is 0 Å². The lowest BCUT2D eigenvalue weighted by molar-refractivity contribution is 1.42. The van der Waals surface area contributed by atoms with Gasteiger partial charge in [0.1, 0.15) is 0 Å². The van der Waals surface area contributed by atoms with Crippen LogP contribution in [0.15, 0.2) is 73.6 Å². The van der Waals surface area contributed by atoms with Crippen LogP contribution < -0.4 is 0 Å². The molecule has 0 atom stereocenters. The lowest BCUT2D eigenvalue weighted by Crippen LogP contribution is -1.64. The molecule has 0 unspecified atom stereocenters. The Kier molecular flexibility index (Phi) is 8.16. The van der Waals surface area contributed by atoms with E-state index in [0.717, 1.165) is 5.57 Å². The van der Waals surface area contributed by atoms with E-state index in [1.165, 1.54) is 0 Å². The number of aromatic amines is 1. The minimum Gasteiger partial charge on any atom is -0.368 e. The van der Waals surface area contributed by atoms with Crippen LogP contribution in [0.25, 0.3) is 0 Å². The van der Waals surface area contributed by atoms with E-state index in [9.17, 15) is 0 Å². The van der Waals surface area contributed by atoms with E-state index in [0.29, 0.717) is 0 Å². The van der Waals surface area contributed by atoms with Crippen molar-refractivity contribution in [3.8, 4) is 0 Å². The highest BCUT2D eigenvalue weighted by Crippen LogP contribution is 1.96. The van der Waals surface area contributed by atoms with Gasteiger partial charge >= 0.3 is 0 Å². The maximum Gasteiger partial charge on any atom is 0.000496 e. The van der Waals surface area contributed by atoms with Crippen LogP contribution in [0.3, 0.4) is 0 Å². The smallest absolute Gasteiger partial charge is 0.000496 e. The molecule has 0 radical (unpaired) electrons. The number of nitrogens with one attached hydrogen (secondary N) is 1. The van der Waals surface area contributed by atoms with E-state index in [1.807, 2.05) is 49.7 Å². The van der Waals surface area contributed by atoms with Crippen molar-refractivity contribution in [2.45, 2.75) is 6.92 Å². The molecule has 0 spiro atoms. The fourth-order valence-corrected chi connectivity index (χ4v) is 0.739. The Bertz CT molecular complexity index is 272. The number of hydrogen-bond acceptors (Lipinski definition) is 0. The highest BCUT2D eigenvalue weighted by atomic mass is 14.6. The Morgan fingerprint density at radius 2 is 1.86 bits per heavy atom. The van der Waals surface area contributed by atoms with E-state index in [-0.39, 0.29) is 0 Å². The molecule has 0 aromatic carbocycles. The van der Waals surface area contributed by atoms with Gasteiger partial charge in [0, 0.05) is 12.4 Å². The van der Waals surface area contributed by atoms with E-state index in [1.54, 1.807) is 12.2 Å². The SMILES string of the molecule is C=CC=CC(C=C)=CC.c1cc[nH]c1. The third kappa shape index (κ3) is 6.92. The van der Waals surface area contributed by atoms with Crippen LogP contribution in [0.5, 0.6) is 0 Å². The van der Waals surface area contributed by atoms with E-state index in [4.69, 9.17) is 0 Å². The summed E-state index contributed by atoms with van der Waals surface area (Å²) in [6, 6.07) is 3.89. The van der Waals surface area contributed by atoms with Crippen LogP contribution in [0, 0.1) is 0 Å². The molecule has 1 aromatic rings. The predicted octanol–water partition coefficient (Wildman–Crippen LogP) is 3.88. The number of rotatable bonds is 3. The second-order valence-electron chi connectivity index (χ2n) is 2.47. The lowest BCUT2D eigenvalue weighted by atomic mass is 10.2. The van der Waals surface area contributed by atoms with Gasteiger partial charge in [0.2, 0.25) is 0 Å². The summed E-state index contributed by atoms with van der Waals surface area (Å²) < 4.78 is 0. The zero-order chi connectivity index (χ0) is 10.6. The summed E-state index contributed by atoms with van der Waals surface area (Å²) in [6.07, 6.45) is 13.1. The fourth-order valence-electron chi connectivity index (χ4n) is 0.739. The Balaban J connectivity index is 0.000000280. The number of H-pyrrole nitrogens is 1. The highest BCUT2D eigenvalue weighted by molar-refractivity contribution is 5.29. The molecule has 0 aliphatic rings. The third-order valence-electron chi connectivity index (χ3n) is 1.49. The normalized spacial score (nSPS) is 10.5. The van der Waals surface area contributed by atoms with Crippen molar-refractivity contribution in [1.29, 1.82) is 0 Å². The van der Waals surface area contributed by atoms with Crippen LogP contribution in [-0.2, 0) is 0 Å². The van der Waals surface area contributed by atoms with E-state index in [2.05, 4.69) is 18.1 Å². The standard InChI is InChI=1S/C9H12.C4H5N/c1-4-7-8-9(5-2)6-3;1-2-4-5-3-1/h4-8H,1-2H2,3H3;1-5H. The van der Waals surface area contributed by atoms with Crippen molar-refractivity contribution in [3.05, 3.63) is 73.6 Å². The van der Waals surface area contributed by atoms with E-state index < -0.39 is 0 Å². The van der Waals surface area contributed by atoms with Gasteiger partial charge in [-0.3, -0.25) is 0 Å². The zero-order valence-corrected chi connectivity index (χ0v) is 8.61. The molecule has 0 amide bonds. The molecule has 0 aliphatic carbocycles. The van der Waals surface area contributed by atoms with Gasteiger partial charge in [-0.2, -0.15) is 0 Å². The van der Waals surface area contributed by atoms with Crippen LogP contribution >= 0.6 is 0 Å². The monoisotopic (exact) mass is 187 g/mol. The highest BCUT2D eigenvalue weighted by Gasteiger charge is 1.75. The van der Waals surface area contributed by atoms with Gasteiger partial charge in [-0.1, -0.05) is 43.5 Å². The van der Waals surface area contributed by atoms with Gasteiger partial charge in [0.05, 0.1) is 0 Å². The first-order valence-corrected chi connectivity index (χ1v) is 4.50. The van der Waals surface area contributed by atoms with Crippen LogP contribution in [0.1, 0.15) is 6.92 Å². The average Bonchev–Trinajstić information content (AvgIpc) is 2.78. The molecule has 1 rings (SSSR count). The van der Waals surface area contributed by atoms with Crippen molar-refractivity contribution in [2.75, 3.05) is 0 Å². The number of aromatic nitrogens is 1. The number of hydrogen-bond donors (Lipinski definition) is 1. The molecule has 1 heteroatoms. The topological polar surface area (TPSA) is 15.8 Å². The quantitative estimate of drug-likeness (QED) is 0.691. The minimum atomic E-state index is 1.12. The Morgan fingerprint density at radius 1 is 1.21 bits per heavy atom.